The molecule has 0 saturated heterocycles. The third kappa shape index (κ3) is 6.92. The van der Waals surface area contributed by atoms with Crippen LogP contribution in [-0.2, 0) is 4.79 Å². The predicted molar refractivity (Wildman–Crippen MR) is 82.1 cm³/mol. The van der Waals surface area contributed by atoms with E-state index in [0.717, 1.165) is 32.4 Å². The molecule has 0 saturated carbocycles. The first-order valence-corrected chi connectivity index (χ1v) is 7.62. The summed E-state index contributed by atoms with van der Waals surface area (Å²) >= 11 is 0. The number of rotatable bonds is 11. The second kappa shape index (κ2) is 9.32. The molecule has 2 atom stereocenters. The van der Waals surface area contributed by atoms with Crippen LogP contribution in [0.2, 0.25) is 0 Å². The lowest BCUT2D eigenvalue weighted by Gasteiger charge is -2.28. The lowest BCUT2D eigenvalue weighted by Crippen LogP contribution is -2.53. The zero-order valence-corrected chi connectivity index (χ0v) is 13.5. The van der Waals surface area contributed by atoms with Crippen LogP contribution in [0.15, 0.2) is 0 Å². The summed E-state index contributed by atoms with van der Waals surface area (Å²) in [4.78, 5) is 13.9. The minimum absolute atomic E-state index is 0.248. The van der Waals surface area contributed by atoms with E-state index in [9.17, 15) is 4.79 Å². The number of hydrogen-bond donors (Lipinski definition) is 2. The number of carbonyl (C=O) groups is 1. The first-order valence-electron chi connectivity index (χ1n) is 7.62. The number of carbonyl (C=O) groups excluding carboxylic acids is 1. The molecule has 0 aliphatic heterocycles. The van der Waals surface area contributed by atoms with E-state index in [0.29, 0.717) is 6.04 Å². The average Bonchev–Trinajstić information content (AvgIpc) is 2.34. The van der Waals surface area contributed by atoms with Crippen LogP contribution < -0.4 is 11.1 Å². The second-order valence-electron chi connectivity index (χ2n) is 5.80. The maximum absolute atomic E-state index is 11.5. The monoisotopic (exact) mass is 271 g/mol. The highest BCUT2D eigenvalue weighted by Gasteiger charge is 2.28. The molecule has 0 bridgehead atoms. The van der Waals surface area contributed by atoms with E-state index in [2.05, 4.69) is 31.1 Å². The van der Waals surface area contributed by atoms with Crippen LogP contribution >= 0.6 is 0 Å². The van der Waals surface area contributed by atoms with Crippen LogP contribution in [0.25, 0.3) is 0 Å². The molecule has 0 heterocycles. The average molecular weight is 271 g/mol. The summed E-state index contributed by atoms with van der Waals surface area (Å²) in [6.45, 7) is 10.3. The number of primary amides is 1. The highest BCUT2D eigenvalue weighted by atomic mass is 16.1. The SMILES string of the molecule is CCCC(C)N(C)CCCCC(C)(NCC)C(N)=O. The lowest BCUT2D eigenvalue weighted by atomic mass is 9.94. The molecule has 4 heteroatoms. The van der Waals surface area contributed by atoms with E-state index in [1.807, 2.05) is 13.8 Å². The van der Waals surface area contributed by atoms with Gasteiger partial charge in [0.1, 0.15) is 0 Å². The molecule has 0 aliphatic rings. The maximum Gasteiger partial charge on any atom is 0.237 e. The first kappa shape index (κ1) is 18.4. The smallest absolute Gasteiger partial charge is 0.237 e. The Labute approximate surface area is 119 Å². The Bertz CT molecular complexity index is 258. The van der Waals surface area contributed by atoms with Crippen molar-refractivity contribution in [3.05, 3.63) is 0 Å². The minimum Gasteiger partial charge on any atom is -0.368 e. The number of hydrogen-bond acceptors (Lipinski definition) is 3. The molecule has 0 spiro atoms. The normalized spacial score (nSPS) is 16.3. The molecule has 0 rings (SSSR count). The third-order valence-electron chi connectivity index (χ3n) is 4.01. The molecule has 19 heavy (non-hydrogen) atoms. The van der Waals surface area contributed by atoms with Gasteiger partial charge in [-0.3, -0.25) is 4.79 Å². The molecule has 0 aromatic heterocycles. The maximum atomic E-state index is 11.5. The summed E-state index contributed by atoms with van der Waals surface area (Å²) in [5.41, 5.74) is 4.92. The largest absolute Gasteiger partial charge is 0.368 e. The number of nitrogens with two attached hydrogens (primary N) is 1. The van der Waals surface area contributed by atoms with Crippen LogP contribution in [0.5, 0.6) is 0 Å². The number of amides is 1. The second-order valence-corrected chi connectivity index (χ2v) is 5.80. The molecule has 3 N–H and O–H groups in total. The van der Waals surface area contributed by atoms with Gasteiger partial charge in [-0.1, -0.05) is 20.3 Å². The van der Waals surface area contributed by atoms with Crippen molar-refractivity contribution in [3.63, 3.8) is 0 Å². The molecule has 114 valence electrons. The van der Waals surface area contributed by atoms with E-state index in [1.54, 1.807) is 0 Å². The van der Waals surface area contributed by atoms with Crippen molar-refractivity contribution in [1.29, 1.82) is 0 Å². The zero-order chi connectivity index (χ0) is 14.9. The summed E-state index contributed by atoms with van der Waals surface area (Å²) in [6, 6.07) is 0.640. The molecule has 4 nitrogen and oxygen atoms in total. The van der Waals surface area contributed by atoms with E-state index in [1.165, 1.54) is 12.8 Å². The van der Waals surface area contributed by atoms with E-state index < -0.39 is 5.54 Å². The van der Waals surface area contributed by atoms with Crippen molar-refractivity contribution >= 4 is 5.91 Å². The molecule has 0 aromatic rings. The van der Waals surface area contributed by atoms with Gasteiger partial charge in [0.15, 0.2) is 0 Å². The van der Waals surface area contributed by atoms with Gasteiger partial charge in [-0.2, -0.15) is 0 Å². The van der Waals surface area contributed by atoms with E-state index in [-0.39, 0.29) is 5.91 Å². The molecular weight excluding hydrogens is 238 g/mol. The minimum atomic E-state index is -0.553. The molecule has 0 aliphatic carbocycles. The van der Waals surface area contributed by atoms with Crippen LogP contribution in [0.4, 0.5) is 0 Å². The topological polar surface area (TPSA) is 58.4 Å². The molecule has 0 radical (unpaired) electrons. The summed E-state index contributed by atoms with van der Waals surface area (Å²) in [7, 11) is 2.18. The summed E-state index contributed by atoms with van der Waals surface area (Å²) in [5.74, 6) is -0.248. The number of likely N-dealkylation sites (N-methyl/N-ethyl adjacent to an activating group) is 1. The summed E-state index contributed by atoms with van der Waals surface area (Å²) in [5, 5.41) is 3.20. The van der Waals surface area contributed by atoms with Gasteiger partial charge >= 0.3 is 0 Å². The first-order chi connectivity index (χ1) is 8.87. The third-order valence-corrected chi connectivity index (χ3v) is 4.01. The fourth-order valence-corrected chi connectivity index (χ4v) is 2.39. The Morgan fingerprint density at radius 1 is 1.37 bits per heavy atom. The molecule has 0 fully saturated rings. The van der Waals surface area contributed by atoms with Gasteiger partial charge in [0.05, 0.1) is 5.54 Å². The Morgan fingerprint density at radius 3 is 2.47 bits per heavy atom. The number of nitrogens with zero attached hydrogens (tertiary/aromatic N) is 1. The van der Waals surface area contributed by atoms with Gasteiger partial charge in [-0.15, -0.1) is 0 Å². The lowest BCUT2D eigenvalue weighted by molar-refractivity contribution is -0.124. The number of unbranched alkanes of at least 4 members (excludes halogenated alkanes) is 1. The quantitative estimate of drug-likeness (QED) is 0.566. The fraction of sp³-hybridized carbons (Fsp3) is 0.933. The van der Waals surface area contributed by atoms with Crippen molar-refractivity contribution < 1.29 is 4.79 Å². The Balaban J connectivity index is 3.98. The van der Waals surface area contributed by atoms with Crippen LogP contribution in [0.3, 0.4) is 0 Å². The van der Waals surface area contributed by atoms with Crippen molar-refractivity contribution in [1.82, 2.24) is 10.2 Å². The van der Waals surface area contributed by atoms with E-state index >= 15 is 0 Å². The van der Waals surface area contributed by atoms with Crippen LogP contribution in [0.1, 0.15) is 59.8 Å². The van der Waals surface area contributed by atoms with Gasteiger partial charge in [-0.25, -0.2) is 0 Å². The Morgan fingerprint density at radius 2 is 2.00 bits per heavy atom. The molecule has 1 amide bonds. The van der Waals surface area contributed by atoms with Gasteiger partial charge < -0.3 is 16.0 Å². The van der Waals surface area contributed by atoms with Crippen LogP contribution in [-0.4, -0.2) is 42.5 Å². The van der Waals surface area contributed by atoms with Crippen molar-refractivity contribution in [3.8, 4) is 0 Å². The summed E-state index contributed by atoms with van der Waals surface area (Å²) in [6.07, 6.45) is 5.42. The Hall–Kier alpha value is -0.610. The van der Waals surface area contributed by atoms with Crippen molar-refractivity contribution in [2.24, 2.45) is 5.73 Å². The van der Waals surface area contributed by atoms with Gasteiger partial charge in [0, 0.05) is 6.04 Å². The zero-order valence-electron chi connectivity index (χ0n) is 13.5. The molecule has 0 aromatic carbocycles. The molecule has 2 unspecified atom stereocenters. The number of nitrogens with one attached hydrogen (secondary N) is 1. The van der Waals surface area contributed by atoms with E-state index in [4.69, 9.17) is 5.73 Å². The molecular formula is C15H33N3O. The highest BCUT2D eigenvalue weighted by molar-refractivity contribution is 5.84. The standard InChI is InChI=1S/C15H33N3O/c1-6-10-13(3)18(5)12-9-8-11-15(4,14(16)19)17-7-2/h13,17H,6-12H2,1-5H3,(H2,16,19). The van der Waals surface area contributed by atoms with Crippen LogP contribution in [0, 0.1) is 0 Å². The van der Waals surface area contributed by atoms with Crippen molar-refractivity contribution in [2.75, 3.05) is 20.1 Å². The Kier molecular flexibility index (Phi) is 9.02. The fourth-order valence-electron chi connectivity index (χ4n) is 2.39. The van der Waals surface area contributed by atoms with Crippen molar-refractivity contribution in [2.45, 2.75) is 71.4 Å². The highest BCUT2D eigenvalue weighted by Crippen LogP contribution is 2.14. The predicted octanol–water partition coefficient (Wildman–Crippen LogP) is 2.13. The van der Waals surface area contributed by atoms with Gasteiger partial charge in [-0.05, 0) is 59.7 Å². The van der Waals surface area contributed by atoms with Gasteiger partial charge in [0.25, 0.3) is 0 Å². The summed E-state index contributed by atoms with van der Waals surface area (Å²) < 4.78 is 0. The van der Waals surface area contributed by atoms with Gasteiger partial charge in [0.2, 0.25) is 5.91 Å².